The van der Waals surface area contributed by atoms with Crippen LogP contribution < -0.4 is 0 Å². The lowest BCUT2D eigenvalue weighted by molar-refractivity contribution is -0.154. The van der Waals surface area contributed by atoms with Gasteiger partial charge in [0.2, 0.25) is 0 Å². The van der Waals surface area contributed by atoms with Crippen LogP contribution in [0.4, 0.5) is 0 Å². The van der Waals surface area contributed by atoms with Crippen molar-refractivity contribution in [2.24, 2.45) is 40.4 Å². The van der Waals surface area contributed by atoms with E-state index < -0.39 is 11.9 Å². The van der Waals surface area contributed by atoms with Gasteiger partial charge in [0.1, 0.15) is 12.4 Å². The summed E-state index contributed by atoms with van der Waals surface area (Å²) < 4.78 is 5.11. The number of fused-ring (bicyclic) bond motifs is 5. The van der Waals surface area contributed by atoms with E-state index in [0.717, 1.165) is 51.4 Å². The molecular formula is C25H36O6. The minimum Gasteiger partial charge on any atom is -0.481 e. The lowest BCUT2D eigenvalue weighted by atomic mass is 9.44. The van der Waals surface area contributed by atoms with Gasteiger partial charge >= 0.3 is 11.9 Å². The Hall–Kier alpha value is -1.72. The Labute approximate surface area is 184 Å². The van der Waals surface area contributed by atoms with Gasteiger partial charge < -0.3 is 9.84 Å². The smallest absolute Gasteiger partial charge is 0.306 e. The number of ketones is 2. The van der Waals surface area contributed by atoms with Crippen LogP contribution in [0.5, 0.6) is 0 Å². The molecule has 4 rings (SSSR count). The summed E-state index contributed by atoms with van der Waals surface area (Å²) in [7, 11) is 0. The third-order valence-corrected chi connectivity index (χ3v) is 9.79. The van der Waals surface area contributed by atoms with Crippen molar-refractivity contribution in [1.82, 2.24) is 0 Å². The van der Waals surface area contributed by atoms with Gasteiger partial charge in [0.15, 0.2) is 5.78 Å². The number of carboxylic acids is 1. The summed E-state index contributed by atoms with van der Waals surface area (Å²) in [6.07, 6.45) is 8.41. The number of hydrogen-bond donors (Lipinski definition) is 1. The third kappa shape index (κ3) is 3.95. The molecular weight excluding hydrogens is 396 g/mol. The Kier molecular flexibility index (Phi) is 6.04. The van der Waals surface area contributed by atoms with Crippen molar-refractivity contribution in [2.45, 2.75) is 84.5 Å². The Morgan fingerprint density at radius 1 is 0.968 bits per heavy atom. The van der Waals surface area contributed by atoms with Crippen molar-refractivity contribution < 1.29 is 29.0 Å². The molecule has 7 atom stereocenters. The summed E-state index contributed by atoms with van der Waals surface area (Å²) in [5.41, 5.74) is 0.222. The van der Waals surface area contributed by atoms with Crippen LogP contribution >= 0.6 is 0 Å². The molecule has 0 aromatic heterocycles. The van der Waals surface area contributed by atoms with Crippen LogP contribution in [0.15, 0.2) is 0 Å². The molecule has 4 saturated carbocycles. The van der Waals surface area contributed by atoms with Crippen LogP contribution in [-0.4, -0.2) is 35.2 Å². The molecule has 0 amide bonds. The average molecular weight is 433 g/mol. The van der Waals surface area contributed by atoms with E-state index in [-0.39, 0.29) is 42.0 Å². The van der Waals surface area contributed by atoms with E-state index in [1.165, 1.54) is 6.42 Å². The first-order chi connectivity index (χ1) is 14.6. The van der Waals surface area contributed by atoms with E-state index in [4.69, 9.17) is 9.84 Å². The number of carbonyl (C=O) groups excluding carboxylic acids is 3. The zero-order valence-electron chi connectivity index (χ0n) is 18.9. The molecule has 4 aliphatic rings. The van der Waals surface area contributed by atoms with Gasteiger partial charge in [-0.3, -0.25) is 19.2 Å². The highest BCUT2D eigenvalue weighted by molar-refractivity contribution is 5.86. The number of Topliss-reactive ketones (excluding diaryl/α,β-unsaturated/α-hetero) is 2. The fraction of sp³-hybridized carbons (Fsp3) is 0.840. The fourth-order valence-electron chi connectivity index (χ4n) is 8.11. The fourth-order valence-corrected chi connectivity index (χ4v) is 8.11. The molecule has 0 aromatic rings. The Morgan fingerprint density at radius 2 is 1.71 bits per heavy atom. The summed E-state index contributed by atoms with van der Waals surface area (Å²) in [5.74, 6) is 1.03. The Bertz CT molecular complexity index is 774. The van der Waals surface area contributed by atoms with Gasteiger partial charge in [-0.25, -0.2) is 0 Å². The molecule has 0 heterocycles. The van der Waals surface area contributed by atoms with Crippen LogP contribution in [-0.2, 0) is 23.9 Å². The van der Waals surface area contributed by atoms with E-state index in [2.05, 4.69) is 13.8 Å². The molecule has 4 fully saturated rings. The van der Waals surface area contributed by atoms with Crippen molar-refractivity contribution >= 4 is 23.5 Å². The van der Waals surface area contributed by atoms with Crippen LogP contribution in [0, 0.1) is 40.4 Å². The lowest BCUT2D eigenvalue weighted by Crippen LogP contribution is -2.54. The maximum Gasteiger partial charge on any atom is 0.306 e. The van der Waals surface area contributed by atoms with Crippen LogP contribution in [0.2, 0.25) is 0 Å². The monoisotopic (exact) mass is 432 g/mol. The van der Waals surface area contributed by atoms with Crippen molar-refractivity contribution in [3.05, 3.63) is 0 Å². The van der Waals surface area contributed by atoms with Crippen molar-refractivity contribution in [1.29, 1.82) is 0 Å². The summed E-state index contributed by atoms with van der Waals surface area (Å²) >= 11 is 0. The Balaban J connectivity index is 1.41. The molecule has 1 N–H and O–H groups in total. The first-order valence-corrected chi connectivity index (χ1v) is 12.1. The number of ether oxygens (including phenoxy) is 1. The number of rotatable bonds is 6. The summed E-state index contributed by atoms with van der Waals surface area (Å²) in [5, 5.41) is 8.68. The molecule has 31 heavy (non-hydrogen) atoms. The van der Waals surface area contributed by atoms with Gasteiger partial charge in [0.05, 0.1) is 12.8 Å². The molecule has 0 radical (unpaired) electrons. The van der Waals surface area contributed by atoms with Crippen molar-refractivity contribution in [3.63, 3.8) is 0 Å². The van der Waals surface area contributed by atoms with E-state index >= 15 is 0 Å². The number of hydrogen-bond acceptors (Lipinski definition) is 5. The predicted molar refractivity (Wildman–Crippen MR) is 113 cm³/mol. The molecule has 0 saturated heterocycles. The molecule has 0 unspecified atom stereocenters. The largest absolute Gasteiger partial charge is 0.481 e. The zero-order valence-corrected chi connectivity index (χ0v) is 18.9. The molecule has 0 spiro atoms. The van der Waals surface area contributed by atoms with Gasteiger partial charge in [0, 0.05) is 18.8 Å². The minimum atomic E-state index is -1.04. The second-order valence-corrected chi connectivity index (χ2v) is 11.1. The molecule has 4 aliphatic carbocycles. The quantitative estimate of drug-likeness (QED) is 0.632. The number of carbonyl (C=O) groups is 4. The SMILES string of the molecule is C[C@]12CCC(=O)C[C@@H]1CC[C@@H]1[C@H]2CC[C@]2(C)[C@@H](C(=O)COC(=O)CCC(=O)O)CC[C@H]12. The average Bonchev–Trinajstić information content (AvgIpc) is 3.08. The van der Waals surface area contributed by atoms with Gasteiger partial charge in [-0.05, 0) is 79.4 Å². The van der Waals surface area contributed by atoms with Crippen molar-refractivity contribution in [2.75, 3.05) is 6.61 Å². The summed E-state index contributed by atoms with van der Waals surface area (Å²) in [4.78, 5) is 47.4. The van der Waals surface area contributed by atoms with Gasteiger partial charge in [-0.15, -0.1) is 0 Å². The standard InChI is InChI=1S/C25H36O6/c1-24-11-9-16(26)13-15(24)3-4-17-18-5-6-20(25(18,2)12-10-19(17)24)21(27)14-31-23(30)8-7-22(28)29/h15,17-20H,3-14H2,1-2H3,(H,28,29)/t15-,17-,18+,19+,20+,24-,25-/m0/s1. The van der Waals surface area contributed by atoms with E-state index in [9.17, 15) is 19.2 Å². The summed E-state index contributed by atoms with van der Waals surface area (Å²) in [6, 6.07) is 0. The minimum absolute atomic E-state index is 0.00437. The van der Waals surface area contributed by atoms with Crippen molar-refractivity contribution in [3.8, 4) is 0 Å². The second-order valence-electron chi connectivity index (χ2n) is 11.1. The number of esters is 1. The third-order valence-electron chi connectivity index (χ3n) is 9.79. The topological polar surface area (TPSA) is 97.7 Å². The summed E-state index contributed by atoms with van der Waals surface area (Å²) in [6.45, 7) is 4.47. The molecule has 0 bridgehead atoms. The lowest BCUT2D eigenvalue weighted by Gasteiger charge is -2.60. The second kappa shape index (κ2) is 8.32. The number of aliphatic carboxylic acids is 1. The molecule has 6 heteroatoms. The normalized spacial score (nSPS) is 41.6. The van der Waals surface area contributed by atoms with Crippen LogP contribution in [0.1, 0.15) is 84.5 Å². The first kappa shape index (κ1) is 22.5. The maximum absolute atomic E-state index is 13.0. The van der Waals surface area contributed by atoms with Crippen LogP contribution in [0.25, 0.3) is 0 Å². The molecule has 172 valence electrons. The van der Waals surface area contributed by atoms with Crippen LogP contribution in [0.3, 0.4) is 0 Å². The van der Waals surface area contributed by atoms with E-state index in [1.54, 1.807) is 0 Å². The van der Waals surface area contributed by atoms with Gasteiger partial charge in [-0.2, -0.15) is 0 Å². The highest BCUT2D eigenvalue weighted by Crippen LogP contribution is 2.67. The van der Waals surface area contributed by atoms with Gasteiger partial charge in [-0.1, -0.05) is 13.8 Å². The molecule has 0 aliphatic heterocycles. The highest BCUT2D eigenvalue weighted by atomic mass is 16.5. The molecule has 6 nitrogen and oxygen atoms in total. The predicted octanol–water partition coefficient (Wildman–Crippen LogP) is 4.19. The molecule has 0 aromatic carbocycles. The zero-order chi connectivity index (χ0) is 22.4. The van der Waals surface area contributed by atoms with Gasteiger partial charge in [0.25, 0.3) is 0 Å². The first-order valence-electron chi connectivity index (χ1n) is 12.1. The van der Waals surface area contributed by atoms with E-state index in [0.29, 0.717) is 29.5 Å². The number of carboxylic acid groups (broad SMARTS) is 1. The maximum atomic E-state index is 13.0. The van der Waals surface area contributed by atoms with E-state index in [1.807, 2.05) is 0 Å². The Morgan fingerprint density at radius 3 is 2.45 bits per heavy atom. The highest BCUT2D eigenvalue weighted by Gasteiger charge is 2.61.